The highest BCUT2D eigenvalue weighted by molar-refractivity contribution is 5.79. The Kier molecular flexibility index (Phi) is 7.52. The summed E-state index contributed by atoms with van der Waals surface area (Å²) in [5.41, 5.74) is 0. The molecular formula is C16H33N3O. The van der Waals surface area contributed by atoms with Crippen molar-refractivity contribution in [1.29, 1.82) is 0 Å². The monoisotopic (exact) mass is 283 g/mol. The Morgan fingerprint density at radius 1 is 1.20 bits per heavy atom. The predicted octanol–water partition coefficient (Wildman–Crippen LogP) is 1.67. The van der Waals surface area contributed by atoms with Crippen molar-refractivity contribution in [3.63, 3.8) is 0 Å². The van der Waals surface area contributed by atoms with Crippen LogP contribution < -0.4 is 5.32 Å². The lowest BCUT2D eigenvalue weighted by Crippen LogP contribution is -2.44. The number of nitrogens with zero attached hydrogens (tertiary/aromatic N) is 2. The van der Waals surface area contributed by atoms with Crippen LogP contribution in [0, 0.1) is 17.8 Å². The molecule has 0 aromatic rings. The number of nitrogens with one attached hydrogen (secondary N) is 1. The normalized spacial score (nSPS) is 22.8. The molecule has 0 aliphatic carbocycles. The van der Waals surface area contributed by atoms with Gasteiger partial charge < -0.3 is 15.1 Å². The van der Waals surface area contributed by atoms with E-state index >= 15 is 0 Å². The molecule has 1 aliphatic rings. The maximum absolute atomic E-state index is 12.7. The van der Waals surface area contributed by atoms with Crippen LogP contribution in [0.1, 0.15) is 34.6 Å². The van der Waals surface area contributed by atoms with Gasteiger partial charge in [0.1, 0.15) is 0 Å². The molecule has 1 aliphatic heterocycles. The van der Waals surface area contributed by atoms with Gasteiger partial charge in [-0.1, -0.05) is 34.6 Å². The maximum atomic E-state index is 12.7. The van der Waals surface area contributed by atoms with Crippen LogP contribution in [0.3, 0.4) is 0 Å². The molecule has 1 amide bonds. The van der Waals surface area contributed by atoms with E-state index in [2.05, 4.69) is 49.7 Å². The molecule has 1 rings (SSSR count). The summed E-state index contributed by atoms with van der Waals surface area (Å²) in [5, 5.41) is 3.34. The smallest absolute Gasteiger partial charge is 0.227 e. The number of hydrogen-bond acceptors (Lipinski definition) is 3. The van der Waals surface area contributed by atoms with Gasteiger partial charge in [0.2, 0.25) is 5.91 Å². The first-order valence-corrected chi connectivity index (χ1v) is 8.21. The fourth-order valence-corrected chi connectivity index (χ4v) is 2.91. The Labute approximate surface area is 124 Å². The largest absolute Gasteiger partial charge is 0.341 e. The first-order chi connectivity index (χ1) is 9.49. The quantitative estimate of drug-likeness (QED) is 0.736. The van der Waals surface area contributed by atoms with E-state index in [1.807, 2.05) is 0 Å². The van der Waals surface area contributed by atoms with Gasteiger partial charge in [0.15, 0.2) is 0 Å². The third-order valence-electron chi connectivity index (χ3n) is 4.31. The SMILES string of the molecule is CCN(CC)CCN(CC(C)C)C(=O)C1CNCC1C. The van der Waals surface area contributed by atoms with Crippen LogP contribution in [-0.4, -0.2) is 61.5 Å². The molecule has 2 unspecified atom stereocenters. The van der Waals surface area contributed by atoms with Gasteiger partial charge in [-0.25, -0.2) is 0 Å². The van der Waals surface area contributed by atoms with Crippen molar-refractivity contribution in [3.8, 4) is 0 Å². The first-order valence-electron chi connectivity index (χ1n) is 8.21. The molecule has 4 heteroatoms. The predicted molar refractivity (Wildman–Crippen MR) is 84.7 cm³/mol. The van der Waals surface area contributed by atoms with Crippen molar-refractivity contribution in [1.82, 2.24) is 15.1 Å². The molecule has 0 spiro atoms. The van der Waals surface area contributed by atoms with Crippen LogP contribution >= 0.6 is 0 Å². The van der Waals surface area contributed by atoms with Crippen molar-refractivity contribution in [3.05, 3.63) is 0 Å². The van der Waals surface area contributed by atoms with Crippen molar-refractivity contribution in [2.24, 2.45) is 17.8 Å². The second-order valence-corrected chi connectivity index (χ2v) is 6.45. The van der Waals surface area contributed by atoms with Crippen molar-refractivity contribution < 1.29 is 4.79 Å². The fraction of sp³-hybridized carbons (Fsp3) is 0.938. The number of likely N-dealkylation sites (N-methyl/N-ethyl adjacent to an activating group) is 1. The van der Waals surface area contributed by atoms with Gasteiger partial charge in [-0.15, -0.1) is 0 Å². The Morgan fingerprint density at radius 2 is 1.85 bits per heavy atom. The fourth-order valence-electron chi connectivity index (χ4n) is 2.91. The van der Waals surface area contributed by atoms with E-state index in [1.54, 1.807) is 0 Å². The Hall–Kier alpha value is -0.610. The van der Waals surface area contributed by atoms with Crippen LogP contribution in [0.15, 0.2) is 0 Å². The molecule has 1 N–H and O–H groups in total. The van der Waals surface area contributed by atoms with Crippen LogP contribution in [0.25, 0.3) is 0 Å². The molecule has 1 heterocycles. The van der Waals surface area contributed by atoms with Gasteiger partial charge in [0, 0.05) is 26.2 Å². The second kappa shape index (κ2) is 8.63. The average Bonchev–Trinajstić information content (AvgIpc) is 2.83. The van der Waals surface area contributed by atoms with Gasteiger partial charge in [-0.05, 0) is 31.5 Å². The number of hydrogen-bond donors (Lipinski definition) is 1. The van der Waals surface area contributed by atoms with E-state index in [1.165, 1.54) is 0 Å². The van der Waals surface area contributed by atoms with Gasteiger partial charge in [-0.3, -0.25) is 4.79 Å². The third-order valence-corrected chi connectivity index (χ3v) is 4.31. The molecule has 0 bridgehead atoms. The molecule has 0 saturated carbocycles. The molecule has 0 aromatic carbocycles. The third kappa shape index (κ3) is 5.06. The highest BCUT2D eigenvalue weighted by Gasteiger charge is 2.32. The summed E-state index contributed by atoms with van der Waals surface area (Å²) >= 11 is 0. The lowest BCUT2D eigenvalue weighted by atomic mass is 9.96. The topological polar surface area (TPSA) is 35.6 Å². The zero-order chi connectivity index (χ0) is 15.1. The maximum Gasteiger partial charge on any atom is 0.227 e. The number of amides is 1. The van der Waals surface area contributed by atoms with Crippen molar-refractivity contribution in [2.45, 2.75) is 34.6 Å². The van der Waals surface area contributed by atoms with E-state index < -0.39 is 0 Å². The zero-order valence-corrected chi connectivity index (χ0v) is 14.0. The highest BCUT2D eigenvalue weighted by Crippen LogP contribution is 2.19. The van der Waals surface area contributed by atoms with E-state index in [4.69, 9.17) is 0 Å². The van der Waals surface area contributed by atoms with Crippen LogP contribution in [0.5, 0.6) is 0 Å². The van der Waals surface area contributed by atoms with E-state index in [-0.39, 0.29) is 5.92 Å². The molecule has 0 radical (unpaired) electrons. The summed E-state index contributed by atoms with van der Waals surface area (Å²) < 4.78 is 0. The zero-order valence-electron chi connectivity index (χ0n) is 14.0. The van der Waals surface area contributed by atoms with Crippen molar-refractivity contribution >= 4 is 5.91 Å². The minimum atomic E-state index is 0.172. The summed E-state index contributed by atoms with van der Waals surface area (Å²) in [5.74, 6) is 1.51. The standard InChI is InChI=1S/C16H33N3O/c1-6-18(7-2)8-9-19(12-13(3)4)16(20)15-11-17-10-14(15)5/h13-15,17H,6-12H2,1-5H3. The molecule has 1 saturated heterocycles. The lowest BCUT2D eigenvalue weighted by Gasteiger charge is -2.30. The van der Waals surface area contributed by atoms with Gasteiger partial charge in [0.25, 0.3) is 0 Å². The Morgan fingerprint density at radius 3 is 2.30 bits per heavy atom. The minimum absolute atomic E-state index is 0.172. The summed E-state index contributed by atoms with van der Waals surface area (Å²) in [7, 11) is 0. The molecular weight excluding hydrogens is 250 g/mol. The van der Waals surface area contributed by atoms with Gasteiger partial charge >= 0.3 is 0 Å². The van der Waals surface area contributed by atoms with E-state index in [0.29, 0.717) is 17.7 Å². The van der Waals surface area contributed by atoms with Gasteiger partial charge in [0.05, 0.1) is 5.92 Å². The van der Waals surface area contributed by atoms with E-state index in [9.17, 15) is 4.79 Å². The Balaban J connectivity index is 2.60. The van der Waals surface area contributed by atoms with Gasteiger partial charge in [-0.2, -0.15) is 0 Å². The number of carbonyl (C=O) groups is 1. The van der Waals surface area contributed by atoms with Crippen LogP contribution in [0.2, 0.25) is 0 Å². The van der Waals surface area contributed by atoms with Crippen LogP contribution in [0.4, 0.5) is 0 Å². The average molecular weight is 283 g/mol. The molecule has 2 atom stereocenters. The molecule has 0 aromatic heterocycles. The molecule has 4 nitrogen and oxygen atoms in total. The van der Waals surface area contributed by atoms with Crippen LogP contribution in [-0.2, 0) is 4.79 Å². The van der Waals surface area contributed by atoms with Crippen molar-refractivity contribution in [2.75, 3.05) is 45.8 Å². The Bertz CT molecular complexity index is 289. The van der Waals surface area contributed by atoms with E-state index in [0.717, 1.165) is 45.8 Å². The first kappa shape index (κ1) is 17.4. The molecule has 1 fully saturated rings. The summed E-state index contributed by atoms with van der Waals surface area (Å²) in [6.45, 7) is 17.6. The molecule has 118 valence electrons. The number of carbonyl (C=O) groups excluding carboxylic acids is 1. The highest BCUT2D eigenvalue weighted by atomic mass is 16.2. The summed E-state index contributed by atoms with van der Waals surface area (Å²) in [4.78, 5) is 17.2. The molecule has 20 heavy (non-hydrogen) atoms. The summed E-state index contributed by atoms with van der Waals surface area (Å²) in [6.07, 6.45) is 0. The summed E-state index contributed by atoms with van der Waals surface area (Å²) in [6, 6.07) is 0. The minimum Gasteiger partial charge on any atom is -0.341 e. The number of rotatable bonds is 8. The second-order valence-electron chi connectivity index (χ2n) is 6.45. The lowest BCUT2D eigenvalue weighted by molar-refractivity contribution is -0.136.